The number of rotatable bonds is 8. The smallest absolute Gasteiger partial charge is 0.335 e. The molecule has 2 aromatic heterocycles. The van der Waals surface area contributed by atoms with E-state index in [1.165, 1.54) is 44.6 Å². The molecule has 0 aliphatic heterocycles. The summed E-state index contributed by atoms with van der Waals surface area (Å²) in [5.41, 5.74) is -0.412. The van der Waals surface area contributed by atoms with Gasteiger partial charge in [-0.05, 0) is 48.9 Å². The van der Waals surface area contributed by atoms with Crippen LogP contribution in [0.25, 0.3) is 5.69 Å². The lowest BCUT2D eigenvalue weighted by Crippen LogP contribution is -2.31. The molecule has 2 aromatic carbocycles. The van der Waals surface area contributed by atoms with Crippen LogP contribution in [0.5, 0.6) is 17.8 Å². The number of hydrogen-bond acceptors (Lipinski definition) is 10. The quantitative estimate of drug-likeness (QED) is 0.283. The van der Waals surface area contributed by atoms with Gasteiger partial charge in [-0.15, -0.1) is 0 Å². The van der Waals surface area contributed by atoms with E-state index >= 15 is 0 Å². The molecule has 0 amide bonds. The number of sulfonamides is 1. The summed E-state index contributed by atoms with van der Waals surface area (Å²) < 4.78 is 38.8. The summed E-state index contributed by atoms with van der Waals surface area (Å²) >= 11 is 0. The fourth-order valence-corrected chi connectivity index (χ4v) is 4.35. The van der Waals surface area contributed by atoms with E-state index < -0.39 is 27.2 Å². The second kappa shape index (κ2) is 10.6. The molecular weight excluding hydrogens is 516 g/mol. The van der Waals surface area contributed by atoms with Gasteiger partial charge in [0.2, 0.25) is 11.8 Å². The minimum Gasteiger partial charge on any atom is -0.493 e. The summed E-state index contributed by atoms with van der Waals surface area (Å²) in [7, 11) is -1.35. The van der Waals surface area contributed by atoms with E-state index in [2.05, 4.69) is 24.7 Å². The van der Waals surface area contributed by atoms with Crippen molar-refractivity contribution in [1.82, 2.24) is 19.5 Å². The molecule has 0 saturated carbocycles. The van der Waals surface area contributed by atoms with E-state index in [-0.39, 0.29) is 33.9 Å². The van der Waals surface area contributed by atoms with Crippen molar-refractivity contribution in [3.63, 3.8) is 0 Å². The van der Waals surface area contributed by atoms with Gasteiger partial charge in [-0.25, -0.2) is 17.8 Å². The first kappa shape index (κ1) is 26.1. The molecule has 0 aliphatic rings. The highest BCUT2D eigenvalue weighted by Crippen LogP contribution is 2.23. The Morgan fingerprint density at radius 1 is 1.05 bits per heavy atom. The lowest BCUT2D eigenvalue weighted by molar-refractivity contribution is 0.353. The van der Waals surface area contributed by atoms with E-state index in [1.807, 2.05) is 13.0 Å². The number of aromatic amines is 1. The maximum Gasteiger partial charge on any atom is 0.335 e. The molecule has 0 radical (unpaired) electrons. The van der Waals surface area contributed by atoms with Crippen LogP contribution in [0.2, 0.25) is 0 Å². The molecule has 13 nitrogen and oxygen atoms in total. The number of aromatic nitrogens is 4. The number of aromatic hydroxyl groups is 1. The Hall–Kier alpha value is -4.98. The zero-order valence-electron chi connectivity index (χ0n) is 20.4. The van der Waals surface area contributed by atoms with Crippen LogP contribution < -0.4 is 25.4 Å². The molecule has 0 saturated heterocycles. The van der Waals surface area contributed by atoms with E-state index in [9.17, 15) is 23.1 Å². The van der Waals surface area contributed by atoms with Gasteiger partial charge in [0.1, 0.15) is 5.56 Å². The predicted octanol–water partition coefficient (Wildman–Crippen LogP) is 1.90. The number of aryl methyl sites for hydroxylation is 1. The third-order valence-corrected chi connectivity index (χ3v) is 6.55. The average molecular weight is 539 g/mol. The topological polar surface area (TPSA) is 178 Å². The number of hydrogen-bond donors (Lipinski definition) is 3. The lowest BCUT2D eigenvalue weighted by atomic mass is 10.2. The second-order valence-electron chi connectivity index (χ2n) is 7.81. The average Bonchev–Trinajstić information content (AvgIpc) is 2.88. The van der Waals surface area contributed by atoms with E-state index in [4.69, 9.17) is 9.47 Å². The zero-order valence-corrected chi connectivity index (χ0v) is 21.2. The van der Waals surface area contributed by atoms with Crippen molar-refractivity contribution in [3.8, 4) is 23.5 Å². The summed E-state index contributed by atoms with van der Waals surface area (Å²) in [4.78, 5) is 38.7. The van der Waals surface area contributed by atoms with Crippen LogP contribution in [0, 0.1) is 6.92 Å². The van der Waals surface area contributed by atoms with Crippen molar-refractivity contribution in [2.45, 2.75) is 11.8 Å². The molecule has 0 aliphatic carbocycles. The van der Waals surface area contributed by atoms with Crippen LogP contribution in [0.15, 0.2) is 74.1 Å². The third-order valence-electron chi connectivity index (χ3n) is 5.18. The zero-order chi connectivity index (χ0) is 27.4. The Morgan fingerprint density at radius 2 is 1.79 bits per heavy atom. The number of anilines is 1. The lowest BCUT2D eigenvalue weighted by Gasteiger charge is -2.10. The first-order valence-corrected chi connectivity index (χ1v) is 12.4. The second-order valence-corrected chi connectivity index (χ2v) is 9.49. The van der Waals surface area contributed by atoms with Crippen LogP contribution >= 0.6 is 0 Å². The SMILES string of the molecule is COc1cc(NS(=O)(=O)c2ccc(N=Cc3c(O)n(-c4cccc(C)c4)c(=O)[nH]c3=O)cc2)nc(OC)n1. The first-order chi connectivity index (χ1) is 18.1. The third kappa shape index (κ3) is 5.54. The van der Waals surface area contributed by atoms with Gasteiger partial charge in [0.25, 0.3) is 15.6 Å². The molecule has 0 unspecified atom stereocenters. The highest BCUT2D eigenvalue weighted by Gasteiger charge is 2.17. The monoisotopic (exact) mass is 538 g/mol. The highest BCUT2D eigenvalue weighted by atomic mass is 32.2. The molecule has 38 heavy (non-hydrogen) atoms. The Labute approximate surface area is 216 Å². The Kier molecular flexibility index (Phi) is 7.25. The molecule has 196 valence electrons. The maximum absolute atomic E-state index is 12.8. The molecule has 14 heteroatoms. The number of aliphatic imine (C=N–C) groups is 1. The minimum absolute atomic E-state index is 0.0609. The van der Waals surface area contributed by atoms with Gasteiger partial charge >= 0.3 is 11.7 Å². The fourth-order valence-electron chi connectivity index (χ4n) is 3.36. The number of ether oxygens (including phenoxy) is 2. The summed E-state index contributed by atoms with van der Waals surface area (Å²) in [5, 5.41) is 10.7. The van der Waals surface area contributed by atoms with Crippen molar-refractivity contribution in [1.29, 1.82) is 0 Å². The highest BCUT2D eigenvalue weighted by molar-refractivity contribution is 7.92. The van der Waals surface area contributed by atoms with Gasteiger partial charge in [-0.3, -0.25) is 19.5 Å². The normalized spacial score (nSPS) is 11.4. The van der Waals surface area contributed by atoms with E-state index in [0.29, 0.717) is 5.69 Å². The Bertz CT molecular complexity index is 1720. The van der Waals surface area contributed by atoms with Crippen molar-refractivity contribution < 1.29 is 23.0 Å². The van der Waals surface area contributed by atoms with Crippen molar-refractivity contribution in [2.75, 3.05) is 18.9 Å². The number of nitrogens with one attached hydrogen (secondary N) is 2. The van der Waals surface area contributed by atoms with Gasteiger partial charge < -0.3 is 14.6 Å². The molecule has 0 atom stereocenters. The molecule has 0 fully saturated rings. The van der Waals surface area contributed by atoms with Crippen molar-refractivity contribution >= 4 is 27.7 Å². The molecule has 0 spiro atoms. The van der Waals surface area contributed by atoms with E-state index in [0.717, 1.165) is 16.3 Å². The number of nitrogens with zero attached hydrogens (tertiary/aromatic N) is 4. The molecule has 3 N–H and O–H groups in total. The standard InChI is InChI=1S/C24H22N6O7S/c1-14-5-4-6-16(11-14)30-22(32)18(21(31)28-24(30)33)13-25-15-7-9-17(10-8-15)38(34,35)29-19-12-20(36-2)27-23(26-19)37-3/h4-13,32H,1-3H3,(H,26,27,29)(H,28,31,33). The minimum atomic E-state index is -4.04. The molecule has 2 heterocycles. The summed E-state index contributed by atoms with van der Waals surface area (Å²) in [5.74, 6) is -0.548. The summed E-state index contributed by atoms with van der Waals surface area (Å²) in [6.45, 7) is 1.82. The number of H-pyrrole nitrogens is 1. The molecule has 0 bridgehead atoms. The molecule has 4 aromatic rings. The van der Waals surface area contributed by atoms with Crippen LogP contribution in [0.3, 0.4) is 0 Å². The molecular formula is C24H22N6O7S. The van der Waals surface area contributed by atoms with Crippen LogP contribution in [-0.4, -0.2) is 53.5 Å². The van der Waals surface area contributed by atoms with Crippen LogP contribution in [0.4, 0.5) is 11.5 Å². The summed E-state index contributed by atoms with van der Waals surface area (Å²) in [6.07, 6.45) is 1.08. The van der Waals surface area contributed by atoms with Crippen molar-refractivity contribution in [2.24, 2.45) is 4.99 Å². The number of methoxy groups -OCH3 is 2. The van der Waals surface area contributed by atoms with Gasteiger partial charge in [0.15, 0.2) is 5.82 Å². The molecule has 4 rings (SSSR count). The maximum atomic E-state index is 12.8. The van der Waals surface area contributed by atoms with Gasteiger partial charge in [-0.2, -0.15) is 9.97 Å². The van der Waals surface area contributed by atoms with Crippen molar-refractivity contribution in [3.05, 3.63) is 86.6 Å². The predicted molar refractivity (Wildman–Crippen MR) is 139 cm³/mol. The fraction of sp³-hybridized carbons (Fsp3) is 0.125. The van der Waals surface area contributed by atoms with E-state index in [1.54, 1.807) is 18.2 Å². The van der Waals surface area contributed by atoms with Gasteiger partial charge in [-0.1, -0.05) is 12.1 Å². The van der Waals surface area contributed by atoms with Gasteiger partial charge in [0, 0.05) is 12.3 Å². The first-order valence-electron chi connectivity index (χ1n) is 10.9. The van der Waals surface area contributed by atoms with Crippen LogP contribution in [0.1, 0.15) is 11.1 Å². The largest absolute Gasteiger partial charge is 0.493 e. The Balaban J connectivity index is 1.60. The summed E-state index contributed by atoms with van der Waals surface area (Å²) in [6, 6.07) is 13.4. The Morgan fingerprint density at radius 3 is 2.45 bits per heavy atom. The van der Waals surface area contributed by atoms with Crippen LogP contribution in [-0.2, 0) is 10.0 Å². The van der Waals surface area contributed by atoms with Gasteiger partial charge in [0.05, 0.1) is 30.5 Å². The number of benzene rings is 2.